The Balaban J connectivity index is 2.28. The van der Waals surface area contributed by atoms with Crippen LogP contribution < -0.4 is 10.5 Å². The van der Waals surface area contributed by atoms with Crippen molar-refractivity contribution in [3.8, 4) is 0 Å². The van der Waals surface area contributed by atoms with Gasteiger partial charge in [0.1, 0.15) is 5.84 Å². The lowest BCUT2D eigenvalue weighted by Crippen LogP contribution is -2.29. The lowest BCUT2D eigenvalue weighted by molar-refractivity contribution is 0.316. The van der Waals surface area contributed by atoms with Crippen molar-refractivity contribution in [2.75, 3.05) is 12.3 Å². The first-order chi connectivity index (χ1) is 9.03. The summed E-state index contributed by atoms with van der Waals surface area (Å²) in [6, 6.07) is 3.57. The second-order valence-corrected chi connectivity index (χ2v) is 5.94. The van der Waals surface area contributed by atoms with Crippen LogP contribution in [0, 0.1) is 0 Å². The molecule has 0 spiro atoms. The van der Waals surface area contributed by atoms with E-state index in [1.165, 1.54) is 0 Å². The third-order valence-electron chi connectivity index (χ3n) is 2.47. The summed E-state index contributed by atoms with van der Waals surface area (Å²) in [5.74, 6) is 0.122. The monoisotopic (exact) mass is 286 g/mol. The number of sulfonamides is 1. The zero-order chi connectivity index (χ0) is 14.1. The van der Waals surface area contributed by atoms with Crippen molar-refractivity contribution in [3.63, 3.8) is 0 Å². The summed E-state index contributed by atoms with van der Waals surface area (Å²) in [5, 5.41) is 11.1. The van der Waals surface area contributed by atoms with E-state index >= 15 is 0 Å². The molecule has 0 unspecified atom stereocenters. The smallest absolute Gasteiger partial charge is 0.211 e. The fourth-order valence-electron chi connectivity index (χ4n) is 1.42. The maximum atomic E-state index is 11.7. The zero-order valence-corrected chi connectivity index (χ0v) is 11.3. The van der Waals surface area contributed by atoms with Crippen molar-refractivity contribution in [1.82, 2.24) is 9.71 Å². The molecule has 0 bridgehead atoms. The first-order valence-electron chi connectivity index (χ1n) is 5.86. The van der Waals surface area contributed by atoms with Crippen LogP contribution in [0.2, 0.25) is 0 Å². The molecule has 0 fully saturated rings. The maximum absolute atomic E-state index is 11.7. The third kappa shape index (κ3) is 6.73. The van der Waals surface area contributed by atoms with Gasteiger partial charge in [0.05, 0.1) is 5.75 Å². The summed E-state index contributed by atoms with van der Waals surface area (Å²) in [4.78, 5) is 3.87. The second kappa shape index (κ2) is 7.70. The molecule has 106 valence electrons. The van der Waals surface area contributed by atoms with E-state index in [0.29, 0.717) is 19.3 Å². The first-order valence-corrected chi connectivity index (χ1v) is 7.51. The van der Waals surface area contributed by atoms with Gasteiger partial charge in [-0.2, -0.15) is 0 Å². The van der Waals surface area contributed by atoms with Crippen LogP contribution in [0.25, 0.3) is 0 Å². The van der Waals surface area contributed by atoms with Crippen LogP contribution >= 0.6 is 0 Å². The van der Waals surface area contributed by atoms with Crippen LogP contribution in [0.1, 0.15) is 18.4 Å². The lowest BCUT2D eigenvalue weighted by Gasteiger charge is -2.06. The SMILES string of the molecule is NC(CCCNS(=O)(=O)CCc1ccncc1)=NO. The maximum Gasteiger partial charge on any atom is 0.211 e. The molecule has 0 aliphatic rings. The molecule has 0 aliphatic carbocycles. The second-order valence-electron chi connectivity index (χ2n) is 4.01. The van der Waals surface area contributed by atoms with Crippen LogP contribution in [-0.2, 0) is 16.4 Å². The van der Waals surface area contributed by atoms with E-state index in [2.05, 4.69) is 14.9 Å². The fourth-order valence-corrected chi connectivity index (χ4v) is 2.53. The largest absolute Gasteiger partial charge is 0.409 e. The van der Waals surface area contributed by atoms with Gasteiger partial charge in [-0.15, -0.1) is 0 Å². The Bertz CT molecular complexity index is 502. The summed E-state index contributed by atoms with van der Waals surface area (Å²) in [6.45, 7) is 0.273. The minimum Gasteiger partial charge on any atom is -0.409 e. The molecule has 19 heavy (non-hydrogen) atoms. The molecular weight excluding hydrogens is 268 g/mol. The Morgan fingerprint density at radius 2 is 2.11 bits per heavy atom. The van der Waals surface area contributed by atoms with Gasteiger partial charge in [-0.3, -0.25) is 4.98 Å². The van der Waals surface area contributed by atoms with E-state index in [1.54, 1.807) is 24.5 Å². The van der Waals surface area contributed by atoms with E-state index in [0.717, 1.165) is 5.56 Å². The third-order valence-corrected chi connectivity index (χ3v) is 3.85. The van der Waals surface area contributed by atoms with Crippen molar-refractivity contribution < 1.29 is 13.6 Å². The highest BCUT2D eigenvalue weighted by Crippen LogP contribution is 2.00. The van der Waals surface area contributed by atoms with Gasteiger partial charge in [-0.1, -0.05) is 5.16 Å². The molecule has 7 nitrogen and oxygen atoms in total. The van der Waals surface area contributed by atoms with E-state index in [1.807, 2.05) is 0 Å². The minimum absolute atomic E-state index is 0.0284. The van der Waals surface area contributed by atoms with Crippen LogP contribution in [0.15, 0.2) is 29.7 Å². The quantitative estimate of drug-likeness (QED) is 0.205. The molecule has 0 saturated heterocycles. The molecule has 0 aromatic carbocycles. The highest BCUT2D eigenvalue weighted by atomic mass is 32.2. The van der Waals surface area contributed by atoms with Gasteiger partial charge in [0.15, 0.2) is 0 Å². The normalized spacial score (nSPS) is 12.5. The number of aryl methyl sites for hydroxylation is 1. The van der Waals surface area contributed by atoms with Crippen molar-refractivity contribution >= 4 is 15.9 Å². The average Bonchev–Trinajstić information content (AvgIpc) is 2.42. The van der Waals surface area contributed by atoms with E-state index < -0.39 is 10.0 Å². The molecule has 1 aromatic heterocycles. The van der Waals surface area contributed by atoms with Crippen LogP contribution in [0.4, 0.5) is 0 Å². The highest BCUT2D eigenvalue weighted by molar-refractivity contribution is 7.89. The number of hydrogen-bond donors (Lipinski definition) is 3. The van der Waals surface area contributed by atoms with Gasteiger partial charge in [0.2, 0.25) is 10.0 Å². The highest BCUT2D eigenvalue weighted by Gasteiger charge is 2.09. The lowest BCUT2D eigenvalue weighted by atomic mass is 10.2. The number of rotatable bonds is 8. The molecule has 1 heterocycles. The van der Waals surface area contributed by atoms with Gasteiger partial charge in [0.25, 0.3) is 0 Å². The predicted octanol–water partition coefficient (Wildman–Crippen LogP) is 0.0701. The molecule has 0 aliphatic heterocycles. The van der Waals surface area contributed by atoms with Gasteiger partial charge in [-0.25, -0.2) is 13.1 Å². The van der Waals surface area contributed by atoms with Crippen molar-refractivity contribution in [3.05, 3.63) is 30.1 Å². The molecule has 4 N–H and O–H groups in total. The number of nitrogens with zero attached hydrogens (tertiary/aromatic N) is 2. The van der Waals surface area contributed by atoms with Crippen molar-refractivity contribution in [2.45, 2.75) is 19.3 Å². The summed E-state index contributed by atoms with van der Waals surface area (Å²) in [6.07, 6.45) is 4.55. The predicted molar refractivity (Wildman–Crippen MR) is 72.4 cm³/mol. The molecule has 0 atom stereocenters. The Hall–Kier alpha value is -1.67. The van der Waals surface area contributed by atoms with Crippen LogP contribution in [0.3, 0.4) is 0 Å². The molecule has 8 heteroatoms. The molecule has 0 radical (unpaired) electrons. The Morgan fingerprint density at radius 3 is 2.74 bits per heavy atom. The molecule has 0 amide bonds. The Kier molecular flexibility index (Phi) is 6.23. The Morgan fingerprint density at radius 1 is 1.42 bits per heavy atom. The summed E-state index contributed by atoms with van der Waals surface area (Å²) in [5.41, 5.74) is 6.20. The number of oxime groups is 1. The topological polar surface area (TPSA) is 118 Å². The first kappa shape index (κ1) is 15.4. The Labute approximate surface area is 112 Å². The fraction of sp³-hybridized carbons (Fsp3) is 0.455. The van der Waals surface area contributed by atoms with Crippen molar-refractivity contribution in [1.29, 1.82) is 0 Å². The summed E-state index contributed by atoms with van der Waals surface area (Å²) in [7, 11) is -3.30. The van der Waals surface area contributed by atoms with Crippen LogP contribution in [0.5, 0.6) is 0 Å². The average molecular weight is 286 g/mol. The molecule has 0 saturated carbocycles. The minimum atomic E-state index is -3.30. The molecular formula is C11H18N4O3S. The number of hydrogen-bond acceptors (Lipinski definition) is 5. The van der Waals surface area contributed by atoms with Crippen LogP contribution in [-0.4, -0.2) is 36.7 Å². The van der Waals surface area contributed by atoms with Gasteiger partial charge < -0.3 is 10.9 Å². The summed E-state index contributed by atoms with van der Waals surface area (Å²) < 4.78 is 25.8. The number of nitrogens with two attached hydrogens (primary N) is 1. The number of pyridine rings is 1. The van der Waals surface area contributed by atoms with E-state index in [9.17, 15) is 8.42 Å². The molecule has 1 aromatic rings. The van der Waals surface area contributed by atoms with E-state index in [4.69, 9.17) is 10.9 Å². The van der Waals surface area contributed by atoms with E-state index in [-0.39, 0.29) is 18.1 Å². The van der Waals surface area contributed by atoms with Crippen molar-refractivity contribution in [2.24, 2.45) is 10.9 Å². The number of nitrogens with one attached hydrogen (secondary N) is 1. The standard InChI is InChI=1S/C11H18N4O3S/c12-11(15-16)2-1-6-14-19(17,18)9-5-10-3-7-13-8-4-10/h3-4,7-8,14,16H,1-2,5-6,9H2,(H2,12,15). The number of amidine groups is 1. The summed E-state index contributed by atoms with van der Waals surface area (Å²) >= 11 is 0. The van der Waals surface area contributed by atoms with Gasteiger partial charge in [0, 0.05) is 25.4 Å². The van der Waals surface area contributed by atoms with Gasteiger partial charge >= 0.3 is 0 Å². The van der Waals surface area contributed by atoms with Gasteiger partial charge in [-0.05, 0) is 30.5 Å². The zero-order valence-electron chi connectivity index (χ0n) is 10.5. The molecule has 1 rings (SSSR count). The number of aromatic nitrogens is 1.